The number of carbonyl (C=O) groups excluding carboxylic acids is 1. The summed E-state index contributed by atoms with van der Waals surface area (Å²) in [5.41, 5.74) is 1.45. The van der Waals surface area contributed by atoms with Crippen molar-refractivity contribution in [1.82, 2.24) is 30.0 Å². The number of amides is 1. The molecule has 2 aromatic heterocycles. The molecule has 7 heteroatoms. The molecule has 0 unspecified atom stereocenters. The predicted molar refractivity (Wildman–Crippen MR) is 85.5 cm³/mol. The lowest BCUT2D eigenvalue weighted by atomic mass is 10.1. The fourth-order valence-electron chi connectivity index (χ4n) is 2.44. The summed E-state index contributed by atoms with van der Waals surface area (Å²) in [5, 5.41) is 7.06. The van der Waals surface area contributed by atoms with Crippen LogP contribution in [0, 0.1) is 0 Å². The lowest BCUT2D eigenvalue weighted by Gasteiger charge is -2.16. The van der Waals surface area contributed by atoms with E-state index in [-0.39, 0.29) is 11.9 Å². The van der Waals surface area contributed by atoms with Crippen molar-refractivity contribution in [2.45, 2.75) is 19.4 Å². The molecule has 1 amide bonds. The number of hydrogen-bond donors (Lipinski definition) is 2. The van der Waals surface area contributed by atoms with Gasteiger partial charge in [-0.3, -0.25) is 9.48 Å². The van der Waals surface area contributed by atoms with Crippen LogP contribution in [-0.4, -0.2) is 30.6 Å². The number of rotatable bonds is 5. The molecule has 23 heavy (non-hydrogen) atoms. The van der Waals surface area contributed by atoms with Crippen LogP contribution in [0.3, 0.4) is 0 Å². The molecule has 1 aromatic carbocycles. The zero-order valence-corrected chi connectivity index (χ0v) is 13.0. The highest BCUT2D eigenvalue weighted by molar-refractivity contribution is 5.95. The molecule has 0 spiro atoms. The summed E-state index contributed by atoms with van der Waals surface area (Å²) in [6.07, 6.45) is 5.66. The molecule has 0 saturated heterocycles. The van der Waals surface area contributed by atoms with E-state index in [4.69, 9.17) is 0 Å². The Morgan fingerprint density at radius 2 is 2.26 bits per heavy atom. The number of nitrogens with one attached hydrogen (secondary N) is 2. The van der Waals surface area contributed by atoms with Gasteiger partial charge in [0.25, 0.3) is 5.91 Å². The van der Waals surface area contributed by atoms with Crippen molar-refractivity contribution in [3.63, 3.8) is 0 Å². The minimum absolute atomic E-state index is 0.145. The van der Waals surface area contributed by atoms with Gasteiger partial charge in [0.2, 0.25) is 0 Å². The highest BCUT2D eigenvalue weighted by Gasteiger charge is 2.18. The Morgan fingerprint density at radius 1 is 1.39 bits per heavy atom. The largest absolute Gasteiger partial charge is 0.345 e. The third-order valence-electron chi connectivity index (χ3n) is 3.67. The van der Waals surface area contributed by atoms with Crippen molar-refractivity contribution in [1.29, 1.82) is 0 Å². The molecule has 7 nitrogen and oxygen atoms in total. The lowest BCUT2D eigenvalue weighted by Crippen LogP contribution is -2.30. The SMILES string of the molecule is CC[C@H](NC(=O)c1cccc(-c2ncc[nH]2)c1)c1ncnn1C. The topological polar surface area (TPSA) is 88.5 Å². The molecule has 2 heterocycles. The summed E-state index contributed by atoms with van der Waals surface area (Å²) in [4.78, 5) is 24.0. The van der Waals surface area contributed by atoms with Crippen LogP contribution in [0.4, 0.5) is 0 Å². The van der Waals surface area contributed by atoms with E-state index in [0.29, 0.717) is 5.56 Å². The molecule has 2 N–H and O–H groups in total. The fourth-order valence-corrected chi connectivity index (χ4v) is 2.44. The fraction of sp³-hybridized carbons (Fsp3) is 0.250. The highest BCUT2D eigenvalue weighted by Crippen LogP contribution is 2.18. The van der Waals surface area contributed by atoms with Gasteiger partial charge in [-0.2, -0.15) is 5.10 Å². The number of aryl methyl sites for hydroxylation is 1. The Labute approximate surface area is 133 Å². The van der Waals surface area contributed by atoms with Gasteiger partial charge in [-0.25, -0.2) is 9.97 Å². The molecular weight excluding hydrogens is 292 g/mol. The van der Waals surface area contributed by atoms with E-state index in [0.717, 1.165) is 23.6 Å². The number of carbonyl (C=O) groups is 1. The predicted octanol–water partition coefficient (Wildman–Crippen LogP) is 2.09. The van der Waals surface area contributed by atoms with Gasteiger partial charge in [0.1, 0.15) is 18.0 Å². The van der Waals surface area contributed by atoms with Crippen molar-refractivity contribution >= 4 is 5.91 Å². The van der Waals surface area contributed by atoms with E-state index >= 15 is 0 Å². The number of aromatic nitrogens is 5. The van der Waals surface area contributed by atoms with E-state index in [1.165, 1.54) is 6.33 Å². The first-order valence-corrected chi connectivity index (χ1v) is 7.43. The quantitative estimate of drug-likeness (QED) is 0.755. The van der Waals surface area contributed by atoms with Gasteiger partial charge >= 0.3 is 0 Å². The Hall–Kier alpha value is -2.96. The molecule has 3 rings (SSSR count). The number of hydrogen-bond acceptors (Lipinski definition) is 4. The van der Waals surface area contributed by atoms with Crippen LogP contribution < -0.4 is 5.32 Å². The summed E-state index contributed by atoms with van der Waals surface area (Å²) in [5.74, 6) is 1.33. The first-order valence-electron chi connectivity index (χ1n) is 7.43. The van der Waals surface area contributed by atoms with Crippen LogP contribution >= 0.6 is 0 Å². The van der Waals surface area contributed by atoms with E-state index in [1.54, 1.807) is 23.1 Å². The van der Waals surface area contributed by atoms with E-state index in [2.05, 4.69) is 25.4 Å². The first-order chi connectivity index (χ1) is 11.2. The standard InChI is InChI=1S/C16H18N6O/c1-3-13(15-19-10-20-22(15)2)21-16(23)12-6-4-5-11(9-12)14-17-7-8-18-14/h4-10,13H,3H2,1-2H3,(H,17,18)(H,21,23)/t13-/m0/s1. The van der Waals surface area contributed by atoms with Crippen molar-refractivity contribution in [2.24, 2.45) is 7.05 Å². The minimum Gasteiger partial charge on any atom is -0.345 e. The second-order valence-electron chi connectivity index (χ2n) is 5.19. The number of H-pyrrole nitrogens is 1. The molecule has 3 aromatic rings. The number of aromatic amines is 1. The Morgan fingerprint density at radius 3 is 2.91 bits per heavy atom. The molecule has 0 aliphatic carbocycles. The smallest absolute Gasteiger partial charge is 0.251 e. The summed E-state index contributed by atoms with van der Waals surface area (Å²) in [6.45, 7) is 2.00. The second-order valence-corrected chi connectivity index (χ2v) is 5.19. The Bertz CT molecular complexity index is 793. The minimum atomic E-state index is -0.178. The summed E-state index contributed by atoms with van der Waals surface area (Å²) < 4.78 is 1.67. The van der Waals surface area contributed by atoms with E-state index in [9.17, 15) is 4.79 Å². The van der Waals surface area contributed by atoms with Crippen molar-refractivity contribution < 1.29 is 4.79 Å². The zero-order valence-electron chi connectivity index (χ0n) is 13.0. The molecule has 0 saturated carbocycles. The summed E-state index contributed by atoms with van der Waals surface area (Å²) >= 11 is 0. The van der Waals surface area contributed by atoms with Gasteiger partial charge < -0.3 is 10.3 Å². The molecule has 0 fully saturated rings. The zero-order chi connectivity index (χ0) is 16.2. The van der Waals surface area contributed by atoms with Crippen LogP contribution in [0.15, 0.2) is 43.0 Å². The Kier molecular flexibility index (Phi) is 4.18. The highest BCUT2D eigenvalue weighted by atomic mass is 16.1. The van der Waals surface area contributed by atoms with Gasteiger partial charge in [-0.15, -0.1) is 0 Å². The maximum Gasteiger partial charge on any atom is 0.251 e. The second kappa shape index (κ2) is 6.43. The van der Waals surface area contributed by atoms with Gasteiger partial charge in [-0.05, 0) is 18.6 Å². The van der Waals surface area contributed by atoms with Gasteiger partial charge in [-0.1, -0.05) is 19.1 Å². The van der Waals surface area contributed by atoms with Crippen LogP contribution in [0.2, 0.25) is 0 Å². The van der Waals surface area contributed by atoms with Crippen LogP contribution in [0.1, 0.15) is 35.6 Å². The van der Waals surface area contributed by atoms with Gasteiger partial charge in [0, 0.05) is 30.6 Å². The number of benzene rings is 1. The van der Waals surface area contributed by atoms with Crippen LogP contribution in [-0.2, 0) is 7.05 Å². The average molecular weight is 310 g/mol. The summed E-state index contributed by atoms with van der Waals surface area (Å²) in [7, 11) is 1.81. The Balaban J connectivity index is 1.80. The molecule has 0 radical (unpaired) electrons. The maximum absolute atomic E-state index is 12.5. The lowest BCUT2D eigenvalue weighted by molar-refractivity contribution is 0.0933. The first kappa shape index (κ1) is 15.0. The average Bonchev–Trinajstić information content (AvgIpc) is 3.24. The molecule has 0 aliphatic rings. The number of imidazole rings is 1. The van der Waals surface area contributed by atoms with E-state index < -0.39 is 0 Å². The van der Waals surface area contributed by atoms with Crippen LogP contribution in [0.5, 0.6) is 0 Å². The number of nitrogens with zero attached hydrogens (tertiary/aromatic N) is 4. The van der Waals surface area contributed by atoms with Crippen molar-refractivity contribution in [2.75, 3.05) is 0 Å². The van der Waals surface area contributed by atoms with Gasteiger partial charge in [0.05, 0.1) is 6.04 Å². The maximum atomic E-state index is 12.5. The molecular formula is C16H18N6O. The van der Waals surface area contributed by atoms with Crippen molar-refractivity contribution in [3.8, 4) is 11.4 Å². The van der Waals surface area contributed by atoms with E-state index in [1.807, 2.05) is 32.2 Å². The molecule has 1 atom stereocenters. The van der Waals surface area contributed by atoms with Crippen LogP contribution in [0.25, 0.3) is 11.4 Å². The molecule has 0 aliphatic heterocycles. The van der Waals surface area contributed by atoms with Gasteiger partial charge in [0.15, 0.2) is 0 Å². The normalized spacial score (nSPS) is 12.1. The molecule has 118 valence electrons. The third-order valence-corrected chi connectivity index (χ3v) is 3.67. The molecule has 0 bridgehead atoms. The monoisotopic (exact) mass is 310 g/mol. The third kappa shape index (κ3) is 3.13. The van der Waals surface area contributed by atoms with Crippen molar-refractivity contribution in [3.05, 3.63) is 54.4 Å². The summed E-state index contributed by atoms with van der Waals surface area (Å²) in [6, 6.07) is 7.18.